The lowest BCUT2D eigenvalue weighted by Gasteiger charge is -2.53. The number of benzene rings is 1. The summed E-state index contributed by atoms with van der Waals surface area (Å²) >= 11 is 0. The molecule has 0 saturated carbocycles. The van der Waals surface area contributed by atoms with Gasteiger partial charge < -0.3 is 18.9 Å². The van der Waals surface area contributed by atoms with Crippen LogP contribution in [0.2, 0.25) is 0 Å². The van der Waals surface area contributed by atoms with Crippen LogP contribution >= 0.6 is 0 Å². The van der Waals surface area contributed by atoms with E-state index in [1.807, 2.05) is 0 Å². The van der Waals surface area contributed by atoms with Crippen molar-refractivity contribution >= 4 is 5.78 Å². The van der Waals surface area contributed by atoms with E-state index < -0.39 is 0 Å². The highest BCUT2D eigenvalue weighted by molar-refractivity contribution is 5.97. The Labute approximate surface area is 152 Å². The van der Waals surface area contributed by atoms with Crippen LogP contribution in [0.4, 0.5) is 0 Å². The lowest BCUT2D eigenvalue weighted by Crippen LogP contribution is -2.60. The molecule has 0 amide bonds. The number of methoxy groups -OCH3 is 2. The largest absolute Gasteiger partial charge is 0.493 e. The van der Waals surface area contributed by atoms with Gasteiger partial charge in [0.25, 0.3) is 0 Å². The minimum Gasteiger partial charge on any atom is -0.493 e. The Morgan fingerprint density at radius 1 is 1.19 bits per heavy atom. The zero-order valence-corrected chi connectivity index (χ0v) is 15.4. The van der Waals surface area contributed by atoms with Gasteiger partial charge in [-0.3, -0.25) is 9.69 Å². The molecule has 0 radical (unpaired) electrons. The van der Waals surface area contributed by atoms with Crippen molar-refractivity contribution in [2.45, 2.75) is 36.6 Å². The highest BCUT2D eigenvalue weighted by Crippen LogP contribution is 2.63. The highest BCUT2D eigenvalue weighted by Gasteiger charge is 2.64. The van der Waals surface area contributed by atoms with Gasteiger partial charge >= 0.3 is 0 Å². The second kappa shape index (κ2) is 5.16. The van der Waals surface area contributed by atoms with Crippen LogP contribution in [0.15, 0.2) is 17.9 Å². The number of rotatable bonds is 2. The van der Waals surface area contributed by atoms with E-state index in [0.717, 1.165) is 42.9 Å². The summed E-state index contributed by atoms with van der Waals surface area (Å²) < 4.78 is 22.7. The fraction of sp³-hybridized carbons (Fsp3) is 0.550. The van der Waals surface area contributed by atoms with Gasteiger partial charge in [0.1, 0.15) is 0 Å². The van der Waals surface area contributed by atoms with Crippen LogP contribution in [0.25, 0.3) is 0 Å². The number of nitrogens with zero attached hydrogens (tertiary/aromatic N) is 1. The molecule has 1 fully saturated rings. The maximum atomic E-state index is 12.7. The summed E-state index contributed by atoms with van der Waals surface area (Å²) in [5, 5.41) is 0. The third-order valence-electron chi connectivity index (χ3n) is 6.89. The van der Waals surface area contributed by atoms with Crippen LogP contribution in [0, 0.1) is 0 Å². The second-order valence-corrected chi connectivity index (χ2v) is 7.66. The van der Waals surface area contributed by atoms with Crippen LogP contribution in [0.3, 0.4) is 0 Å². The van der Waals surface area contributed by atoms with Crippen molar-refractivity contribution in [3.63, 3.8) is 0 Å². The Hall–Kier alpha value is -2.21. The number of likely N-dealkylation sites (N-methyl/N-ethyl adjacent to an activating group) is 1. The van der Waals surface area contributed by atoms with Gasteiger partial charge in [0.15, 0.2) is 23.0 Å². The lowest BCUT2D eigenvalue weighted by molar-refractivity contribution is -0.123. The molecule has 2 aliphatic carbocycles. The predicted molar refractivity (Wildman–Crippen MR) is 93.8 cm³/mol. The van der Waals surface area contributed by atoms with Crippen LogP contribution in [0.5, 0.6) is 17.2 Å². The fourth-order valence-corrected chi connectivity index (χ4v) is 5.68. The fourth-order valence-electron chi connectivity index (χ4n) is 5.68. The number of hydrogen-bond acceptors (Lipinski definition) is 6. The first-order chi connectivity index (χ1) is 12.6. The highest BCUT2D eigenvalue weighted by atomic mass is 16.7. The number of allylic oxidation sites excluding steroid dienone is 1. The molecular weight excluding hydrogens is 334 g/mol. The normalized spacial score (nSPS) is 31.8. The zero-order chi connectivity index (χ0) is 18.1. The zero-order valence-electron chi connectivity index (χ0n) is 15.4. The number of carbonyl (C=O) groups excluding carboxylic acids is 1. The molecule has 2 aliphatic heterocycles. The molecule has 0 unspecified atom stereocenters. The van der Waals surface area contributed by atoms with Crippen LogP contribution < -0.4 is 14.2 Å². The van der Waals surface area contributed by atoms with Crippen LogP contribution in [-0.4, -0.2) is 50.8 Å². The van der Waals surface area contributed by atoms with Crippen molar-refractivity contribution < 1.29 is 23.7 Å². The summed E-state index contributed by atoms with van der Waals surface area (Å²) in [6.45, 7) is 1.14. The predicted octanol–water partition coefficient (Wildman–Crippen LogP) is 2.19. The maximum Gasteiger partial charge on any atom is 0.231 e. The summed E-state index contributed by atoms with van der Waals surface area (Å²) in [6, 6.07) is 2.09. The van der Waals surface area contributed by atoms with E-state index in [9.17, 15) is 4.79 Å². The summed E-state index contributed by atoms with van der Waals surface area (Å²) in [4.78, 5) is 15.1. The van der Waals surface area contributed by atoms with Gasteiger partial charge in [-0.2, -0.15) is 0 Å². The van der Waals surface area contributed by atoms with Crippen LogP contribution in [-0.2, 0) is 21.4 Å². The molecule has 0 spiro atoms. The first-order valence-electron chi connectivity index (χ1n) is 9.07. The number of fused-ring (bicyclic) bond motifs is 2. The molecule has 1 aromatic carbocycles. The number of aryl methyl sites for hydroxylation is 1. The molecule has 6 heteroatoms. The third kappa shape index (κ3) is 1.68. The van der Waals surface area contributed by atoms with E-state index in [1.165, 1.54) is 5.56 Å². The van der Waals surface area contributed by atoms with Crippen molar-refractivity contribution in [1.29, 1.82) is 0 Å². The molecule has 1 aromatic rings. The van der Waals surface area contributed by atoms with Crippen molar-refractivity contribution in [3.05, 3.63) is 29.0 Å². The number of ketones is 1. The molecule has 26 heavy (non-hydrogen) atoms. The standard InChI is InChI=1S/C20H23NO5/c1-21-7-6-19-10-15(23-2)13(22)9-20(19,21)5-4-12-8-14-17(26-11-25-14)18(24-3)16(12)19/h8,10H,4-7,9,11H2,1-3H3/t19-,20+/m0/s1. The number of hydrogen-bond donors (Lipinski definition) is 0. The van der Waals surface area contributed by atoms with Crippen molar-refractivity contribution in [1.82, 2.24) is 4.90 Å². The third-order valence-corrected chi connectivity index (χ3v) is 6.89. The molecule has 0 aromatic heterocycles. The molecule has 6 nitrogen and oxygen atoms in total. The van der Waals surface area contributed by atoms with Gasteiger partial charge in [-0.05, 0) is 50.6 Å². The van der Waals surface area contributed by atoms with E-state index in [-0.39, 0.29) is 23.5 Å². The molecule has 0 N–H and O–H groups in total. The SMILES string of the molecule is COC1=C[C@]23CCN(C)[C@]2(CCc2cc4c(c(OC)c23)OCO4)CC1=O. The minimum absolute atomic E-state index is 0.0834. The minimum atomic E-state index is -0.319. The molecule has 2 atom stereocenters. The van der Waals surface area contributed by atoms with Crippen molar-refractivity contribution in [3.8, 4) is 17.2 Å². The molecule has 138 valence electrons. The average molecular weight is 357 g/mol. The van der Waals surface area contributed by atoms with Crippen molar-refractivity contribution in [2.24, 2.45) is 0 Å². The Morgan fingerprint density at radius 2 is 2.04 bits per heavy atom. The topological polar surface area (TPSA) is 57.2 Å². The summed E-state index contributed by atoms with van der Waals surface area (Å²) in [7, 11) is 5.38. The van der Waals surface area contributed by atoms with E-state index in [0.29, 0.717) is 17.9 Å². The number of ether oxygens (including phenoxy) is 4. The molecule has 0 bridgehead atoms. The molecular formula is C20H23NO5. The van der Waals surface area contributed by atoms with Crippen molar-refractivity contribution in [2.75, 3.05) is 34.6 Å². The Morgan fingerprint density at radius 3 is 2.81 bits per heavy atom. The first-order valence-corrected chi connectivity index (χ1v) is 9.07. The second-order valence-electron chi connectivity index (χ2n) is 7.66. The molecule has 5 rings (SSSR count). The molecule has 4 aliphatic rings. The number of carbonyl (C=O) groups is 1. The van der Waals surface area contributed by atoms with E-state index in [2.05, 4.69) is 24.1 Å². The lowest BCUT2D eigenvalue weighted by atomic mass is 9.54. The number of likely N-dealkylation sites (tertiary alicyclic amines) is 1. The Kier molecular flexibility index (Phi) is 3.18. The average Bonchev–Trinajstić information content (AvgIpc) is 3.22. The smallest absolute Gasteiger partial charge is 0.231 e. The van der Waals surface area contributed by atoms with E-state index in [1.54, 1.807) is 14.2 Å². The van der Waals surface area contributed by atoms with Gasteiger partial charge in [0.2, 0.25) is 12.5 Å². The Balaban J connectivity index is 1.85. The van der Waals surface area contributed by atoms with Gasteiger partial charge in [-0.15, -0.1) is 0 Å². The quantitative estimate of drug-likeness (QED) is 0.809. The maximum absolute atomic E-state index is 12.7. The Bertz CT molecular complexity index is 847. The molecule has 2 heterocycles. The van der Waals surface area contributed by atoms with Gasteiger partial charge in [-0.1, -0.05) is 0 Å². The van der Waals surface area contributed by atoms with Crippen LogP contribution in [0.1, 0.15) is 30.4 Å². The number of Topliss-reactive ketones (excluding diaryl/α,β-unsaturated/α-hetero) is 1. The van der Waals surface area contributed by atoms with Gasteiger partial charge in [0.05, 0.1) is 14.2 Å². The molecule has 1 saturated heterocycles. The van der Waals surface area contributed by atoms with E-state index >= 15 is 0 Å². The monoisotopic (exact) mass is 357 g/mol. The summed E-state index contributed by atoms with van der Waals surface area (Å²) in [6.07, 6.45) is 5.27. The summed E-state index contributed by atoms with van der Waals surface area (Å²) in [5.74, 6) is 2.72. The van der Waals surface area contributed by atoms with Gasteiger partial charge in [-0.25, -0.2) is 0 Å². The van der Waals surface area contributed by atoms with Gasteiger partial charge in [0, 0.05) is 22.9 Å². The first kappa shape index (κ1) is 16.0. The van der Waals surface area contributed by atoms with E-state index in [4.69, 9.17) is 18.9 Å². The summed E-state index contributed by atoms with van der Waals surface area (Å²) in [5.41, 5.74) is 1.81.